The predicted molar refractivity (Wildman–Crippen MR) is 45.8 cm³/mol. The molecule has 5 nitrogen and oxygen atoms in total. The Morgan fingerprint density at radius 1 is 1.69 bits per heavy atom. The zero-order valence-electron chi connectivity index (χ0n) is 7.23. The molecule has 68 valence electrons. The normalized spacial score (nSPS) is 13.9. The number of carbonyl (C=O) groups excluding carboxylic acids is 1. The van der Waals surface area contributed by atoms with E-state index >= 15 is 0 Å². The molecule has 0 unspecified atom stereocenters. The Kier molecular flexibility index (Phi) is 1.84. The van der Waals surface area contributed by atoms with Gasteiger partial charge in [0.15, 0.2) is 5.69 Å². The van der Waals surface area contributed by atoms with Crippen LogP contribution in [0.5, 0.6) is 0 Å². The third-order valence-electron chi connectivity index (χ3n) is 1.90. The van der Waals surface area contributed by atoms with Crippen LogP contribution in [0.3, 0.4) is 0 Å². The topological polar surface area (TPSA) is 56.5 Å². The molecular weight excluding hydrogens is 170 g/mol. The van der Waals surface area contributed by atoms with Gasteiger partial charge in [-0.3, -0.25) is 0 Å². The monoisotopic (exact) mass is 179 g/mol. The van der Waals surface area contributed by atoms with E-state index in [4.69, 9.17) is 0 Å². The lowest BCUT2D eigenvalue weighted by molar-refractivity contribution is 0.0589. The number of rotatable bonds is 1. The van der Waals surface area contributed by atoms with Gasteiger partial charge in [0.2, 0.25) is 0 Å². The highest BCUT2D eigenvalue weighted by molar-refractivity contribution is 5.87. The Morgan fingerprint density at radius 2 is 2.54 bits per heavy atom. The first-order valence-corrected chi connectivity index (χ1v) is 4.00. The summed E-state index contributed by atoms with van der Waals surface area (Å²) in [5, 5.41) is 4.05. The van der Waals surface area contributed by atoms with Crippen molar-refractivity contribution in [2.24, 2.45) is 5.10 Å². The summed E-state index contributed by atoms with van der Waals surface area (Å²) in [6.07, 6.45) is 4.95. The zero-order chi connectivity index (χ0) is 9.26. The lowest BCUT2D eigenvalue weighted by Crippen LogP contribution is -2.12. The number of nitrogens with zero attached hydrogens (tertiary/aromatic N) is 3. The lowest BCUT2D eigenvalue weighted by Gasteiger charge is -2.07. The number of aryl methyl sites for hydroxylation is 1. The number of carbonyl (C=O) groups is 1. The van der Waals surface area contributed by atoms with Crippen molar-refractivity contribution in [3.8, 4) is 0 Å². The van der Waals surface area contributed by atoms with Gasteiger partial charge in [0, 0.05) is 12.6 Å². The lowest BCUT2D eigenvalue weighted by atomic mass is 10.3. The van der Waals surface area contributed by atoms with E-state index in [1.54, 1.807) is 6.21 Å². The molecule has 1 aliphatic heterocycles. The summed E-state index contributed by atoms with van der Waals surface area (Å²) < 4.78 is 6.11. The van der Waals surface area contributed by atoms with Gasteiger partial charge in [-0.2, -0.15) is 5.10 Å². The molecule has 13 heavy (non-hydrogen) atoms. The maximum absolute atomic E-state index is 11.2. The predicted octanol–water partition coefficient (Wildman–Crippen LogP) is 0.450. The highest BCUT2D eigenvalue weighted by Crippen LogP contribution is 2.11. The van der Waals surface area contributed by atoms with Crippen LogP contribution in [0.25, 0.3) is 0 Å². The van der Waals surface area contributed by atoms with Gasteiger partial charge in [0.05, 0.1) is 13.3 Å². The minimum Gasteiger partial charge on any atom is -0.464 e. The molecule has 2 heterocycles. The quantitative estimate of drug-likeness (QED) is 0.588. The summed E-state index contributed by atoms with van der Waals surface area (Å²) in [6, 6.07) is 0. The molecule has 0 radical (unpaired) electrons. The Morgan fingerprint density at radius 3 is 3.31 bits per heavy atom. The van der Waals surface area contributed by atoms with Crippen molar-refractivity contribution in [1.82, 2.24) is 9.66 Å². The molecule has 0 amide bonds. The molecule has 1 aromatic heterocycles. The van der Waals surface area contributed by atoms with Crippen LogP contribution in [0, 0.1) is 0 Å². The van der Waals surface area contributed by atoms with E-state index in [1.807, 2.05) is 0 Å². The molecule has 0 aromatic carbocycles. The second-order valence-corrected chi connectivity index (χ2v) is 2.70. The SMILES string of the molecule is COC(=O)c1cnc2n1N=CCC2. The molecule has 1 aromatic rings. The van der Waals surface area contributed by atoms with Gasteiger partial charge in [-0.05, 0) is 6.42 Å². The smallest absolute Gasteiger partial charge is 0.358 e. The molecule has 2 rings (SSSR count). The van der Waals surface area contributed by atoms with Crippen molar-refractivity contribution in [3.05, 3.63) is 17.7 Å². The first-order chi connectivity index (χ1) is 6.33. The van der Waals surface area contributed by atoms with Gasteiger partial charge in [0.1, 0.15) is 5.82 Å². The van der Waals surface area contributed by atoms with Gasteiger partial charge >= 0.3 is 5.97 Å². The van der Waals surface area contributed by atoms with Crippen molar-refractivity contribution >= 4 is 12.2 Å². The molecule has 0 N–H and O–H groups in total. The highest BCUT2D eigenvalue weighted by Gasteiger charge is 2.17. The van der Waals surface area contributed by atoms with Crippen molar-refractivity contribution < 1.29 is 9.53 Å². The average Bonchev–Trinajstić information content (AvgIpc) is 2.60. The summed E-state index contributed by atoms with van der Waals surface area (Å²) in [7, 11) is 1.34. The van der Waals surface area contributed by atoms with Crippen LogP contribution < -0.4 is 0 Å². The number of ether oxygens (including phenoxy) is 1. The van der Waals surface area contributed by atoms with E-state index < -0.39 is 5.97 Å². The van der Waals surface area contributed by atoms with Gasteiger partial charge < -0.3 is 4.74 Å². The van der Waals surface area contributed by atoms with Gasteiger partial charge in [-0.15, -0.1) is 0 Å². The van der Waals surface area contributed by atoms with Crippen molar-refractivity contribution in [1.29, 1.82) is 0 Å². The standard InChI is InChI=1S/C8H9N3O2/c1-13-8(12)6-5-9-7-3-2-4-10-11(6)7/h4-5H,2-3H2,1H3. The summed E-state index contributed by atoms with van der Waals surface area (Å²) >= 11 is 0. The number of aromatic nitrogens is 2. The van der Waals surface area contributed by atoms with E-state index in [1.165, 1.54) is 18.0 Å². The summed E-state index contributed by atoms with van der Waals surface area (Å²) in [4.78, 5) is 15.3. The third-order valence-corrected chi connectivity index (χ3v) is 1.90. The van der Waals surface area contributed by atoms with Crippen molar-refractivity contribution in [2.75, 3.05) is 7.11 Å². The van der Waals surface area contributed by atoms with E-state index in [2.05, 4.69) is 14.8 Å². The Hall–Kier alpha value is -1.65. The number of hydrogen-bond donors (Lipinski definition) is 0. The molecule has 0 atom stereocenters. The molecule has 0 spiro atoms. The largest absolute Gasteiger partial charge is 0.464 e. The average molecular weight is 179 g/mol. The minimum absolute atomic E-state index is 0.383. The molecule has 1 aliphatic rings. The molecule has 5 heteroatoms. The van der Waals surface area contributed by atoms with Crippen LogP contribution in [0.1, 0.15) is 22.7 Å². The zero-order valence-corrected chi connectivity index (χ0v) is 7.23. The molecule has 0 bridgehead atoms. The van der Waals surface area contributed by atoms with E-state index in [0.29, 0.717) is 5.69 Å². The number of hydrogen-bond acceptors (Lipinski definition) is 4. The summed E-state index contributed by atoms with van der Waals surface area (Å²) in [6.45, 7) is 0. The molecular formula is C8H9N3O2. The second-order valence-electron chi connectivity index (χ2n) is 2.70. The van der Waals surface area contributed by atoms with E-state index in [9.17, 15) is 4.79 Å². The maximum atomic E-state index is 11.2. The molecule has 0 saturated carbocycles. The van der Waals surface area contributed by atoms with Crippen molar-refractivity contribution in [2.45, 2.75) is 12.8 Å². The fourth-order valence-electron chi connectivity index (χ4n) is 1.26. The Bertz CT molecular complexity index is 367. The third kappa shape index (κ3) is 1.22. The highest BCUT2D eigenvalue weighted by atomic mass is 16.5. The Balaban J connectivity index is 2.44. The fraction of sp³-hybridized carbons (Fsp3) is 0.375. The second kappa shape index (κ2) is 3.01. The van der Waals surface area contributed by atoms with Gasteiger partial charge in [0.25, 0.3) is 0 Å². The number of methoxy groups -OCH3 is 1. The van der Waals surface area contributed by atoms with Crippen LogP contribution >= 0.6 is 0 Å². The number of imidazole rings is 1. The van der Waals surface area contributed by atoms with Crippen LogP contribution in [-0.2, 0) is 11.2 Å². The molecule has 0 saturated heterocycles. The first kappa shape index (κ1) is 7.97. The van der Waals surface area contributed by atoms with Gasteiger partial charge in [-0.25, -0.2) is 14.5 Å². The fourth-order valence-corrected chi connectivity index (χ4v) is 1.26. The van der Waals surface area contributed by atoms with Gasteiger partial charge in [-0.1, -0.05) is 0 Å². The minimum atomic E-state index is -0.405. The summed E-state index contributed by atoms with van der Waals surface area (Å²) in [5.41, 5.74) is 0.383. The Labute approximate surface area is 75.0 Å². The van der Waals surface area contributed by atoms with Crippen LogP contribution in [0.2, 0.25) is 0 Å². The number of fused-ring (bicyclic) bond motifs is 1. The summed E-state index contributed by atoms with van der Waals surface area (Å²) in [5.74, 6) is 0.403. The van der Waals surface area contributed by atoms with E-state index in [-0.39, 0.29) is 0 Å². The number of esters is 1. The maximum Gasteiger partial charge on any atom is 0.358 e. The van der Waals surface area contributed by atoms with Crippen LogP contribution in [0.4, 0.5) is 0 Å². The molecule has 0 fully saturated rings. The van der Waals surface area contributed by atoms with Crippen molar-refractivity contribution in [3.63, 3.8) is 0 Å². The van der Waals surface area contributed by atoms with Crippen LogP contribution in [0.15, 0.2) is 11.3 Å². The van der Waals surface area contributed by atoms with Crippen LogP contribution in [-0.4, -0.2) is 29.0 Å². The molecule has 0 aliphatic carbocycles. The first-order valence-electron chi connectivity index (χ1n) is 4.00. The van der Waals surface area contributed by atoms with E-state index in [0.717, 1.165) is 18.7 Å².